The van der Waals surface area contributed by atoms with Gasteiger partial charge in [0, 0.05) is 18.3 Å². The number of carboxylic acids is 1. The first kappa shape index (κ1) is 22.0. The number of furan rings is 1. The molecule has 7 nitrogen and oxygen atoms in total. The molecule has 0 spiro atoms. The summed E-state index contributed by atoms with van der Waals surface area (Å²) in [6.07, 6.45) is 2.71. The number of rotatable bonds is 8. The van der Waals surface area contributed by atoms with Crippen molar-refractivity contribution in [1.29, 1.82) is 0 Å². The van der Waals surface area contributed by atoms with Crippen molar-refractivity contribution in [3.63, 3.8) is 0 Å². The quantitative estimate of drug-likeness (QED) is 0.499. The lowest BCUT2D eigenvalue weighted by atomic mass is 10.0. The minimum atomic E-state index is -0.987. The van der Waals surface area contributed by atoms with Gasteiger partial charge in [0.1, 0.15) is 17.6 Å². The third kappa shape index (κ3) is 4.51. The minimum Gasteiger partial charge on any atom is -0.478 e. The van der Waals surface area contributed by atoms with Crippen molar-refractivity contribution in [2.45, 2.75) is 18.5 Å². The zero-order chi connectivity index (χ0) is 22.7. The van der Waals surface area contributed by atoms with Crippen LogP contribution in [0.1, 0.15) is 40.3 Å². The molecule has 0 radical (unpaired) electrons. The largest absolute Gasteiger partial charge is 0.478 e. The van der Waals surface area contributed by atoms with Crippen molar-refractivity contribution in [3.8, 4) is 11.3 Å². The number of nitrogens with one attached hydrogen (secondary N) is 1. The predicted octanol–water partition coefficient (Wildman–Crippen LogP) is 3.96. The van der Waals surface area contributed by atoms with Crippen molar-refractivity contribution in [1.82, 2.24) is 20.1 Å². The lowest BCUT2D eigenvalue weighted by Crippen LogP contribution is -2.32. The molecule has 0 amide bonds. The zero-order valence-corrected chi connectivity index (χ0v) is 18.9. The van der Waals surface area contributed by atoms with E-state index in [1.807, 2.05) is 44.4 Å². The van der Waals surface area contributed by atoms with Crippen molar-refractivity contribution < 1.29 is 14.3 Å². The van der Waals surface area contributed by atoms with Gasteiger partial charge < -0.3 is 24.6 Å². The summed E-state index contributed by atoms with van der Waals surface area (Å²) in [7, 11) is 4.10. The van der Waals surface area contributed by atoms with E-state index in [0.717, 1.165) is 25.2 Å². The van der Waals surface area contributed by atoms with Crippen LogP contribution in [0.15, 0.2) is 65.2 Å². The standard InChI is InChI=1S/C24H26N4O3S/c1-27(2)14-7-15-28-22(21(26-24(28)32)18-10-5-6-13-25-18)20-12-11-19(31-20)16-8-3-4-9-17(16)23(29)30/h3-6,8-13,21-22H,7,14-15H2,1-2H3,(H,26,32)(H,29,30)/t21-,22-/m0/s1. The number of thiocarbonyl (C=S) groups is 1. The van der Waals surface area contributed by atoms with E-state index in [0.29, 0.717) is 22.2 Å². The van der Waals surface area contributed by atoms with Gasteiger partial charge in [-0.2, -0.15) is 0 Å². The molecule has 8 heteroatoms. The first-order chi connectivity index (χ1) is 15.5. The maximum Gasteiger partial charge on any atom is 0.336 e. The Bertz CT molecular complexity index is 1100. The Morgan fingerprint density at radius 2 is 1.97 bits per heavy atom. The maximum absolute atomic E-state index is 11.7. The molecule has 32 heavy (non-hydrogen) atoms. The molecule has 2 atom stereocenters. The molecule has 2 N–H and O–H groups in total. The summed E-state index contributed by atoms with van der Waals surface area (Å²) in [6.45, 7) is 1.70. The van der Waals surface area contributed by atoms with Gasteiger partial charge in [0.05, 0.1) is 17.3 Å². The molecule has 1 fully saturated rings. The van der Waals surface area contributed by atoms with E-state index in [2.05, 4.69) is 20.1 Å². The van der Waals surface area contributed by atoms with Crippen molar-refractivity contribution >= 4 is 23.3 Å². The number of benzene rings is 1. The first-order valence-corrected chi connectivity index (χ1v) is 10.9. The van der Waals surface area contributed by atoms with Crippen LogP contribution >= 0.6 is 12.2 Å². The monoisotopic (exact) mass is 450 g/mol. The van der Waals surface area contributed by atoms with Gasteiger partial charge >= 0.3 is 5.97 Å². The van der Waals surface area contributed by atoms with Gasteiger partial charge in [-0.1, -0.05) is 24.3 Å². The fourth-order valence-corrected chi connectivity index (χ4v) is 4.39. The molecule has 4 rings (SSSR count). The summed E-state index contributed by atoms with van der Waals surface area (Å²) >= 11 is 5.68. The molecule has 166 valence electrons. The SMILES string of the molecule is CN(C)CCCN1C(=S)N[C@@H](c2ccccn2)[C@@H]1c1ccc(-c2ccccc2C(=O)O)o1. The topological polar surface area (TPSA) is 81.8 Å². The van der Waals surface area contributed by atoms with Crippen molar-refractivity contribution in [2.75, 3.05) is 27.2 Å². The zero-order valence-electron chi connectivity index (χ0n) is 18.1. The van der Waals surface area contributed by atoms with Crippen LogP contribution in [-0.2, 0) is 0 Å². The van der Waals surface area contributed by atoms with E-state index in [1.165, 1.54) is 0 Å². The van der Waals surface area contributed by atoms with Gasteiger partial charge in [0.2, 0.25) is 0 Å². The smallest absolute Gasteiger partial charge is 0.336 e. The van der Waals surface area contributed by atoms with Crippen LogP contribution in [0.3, 0.4) is 0 Å². The highest BCUT2D eigenvalue weighted by atomic mass is 32.1. The maximum atomic E-state index is 11.7. The summed E-state index contributed by atoms with van der Waals surface area (Å²) < 4.78 is 6.26. The first-order valence-electron chi connectivity index (χ1n) is 10.5. The molecule has 1 aromatic carbocycles. The van der Waals surface area contributed by atoms with Crippen LogP contribution in [0.25, 0.3) is 11.3 Å². The van der Waals surface area contributed by atoms with Gasteiger partial charge in [-0.05, 0) is 69.6 Å². The highest BCUT2D eigenvalue weighted by molar-refractivity contribution is 7.80. The van der Waals surface area contributed by atoms with E-state index in [-0.39, 0.29) is 17.6 Å². The summed E-state index contributed by atoms with van der Waals surface area (Å²) in [5.41, 5.74) is 1.63. The molecule has 1 aliphatic heterocycles. The second-order valence-electron chi connectivity index (χ2n) is 8.03. The third-order valence-corrected chi connectivity index (χ3v) is 5.90. The van der Waals surface area contributed by atoms with Crippen LogP contribution < -0.4 is 5.32 Å². The highest BCUT2D eigenvalue weighted by Crippen LogP contribution is 2.40. The molecule has 1 saturated heterocycles. The average Bonchev–Trinajstić information content (AvgIpc) is 3.39. The van der Waals surface area contributed by atoms with E-state index >= 15 is 0 Å². The predicted molar refractivity (Wildman–Crippen MR) is 126 cm³/mol. The number of pyridine rings is 1. The van der Waals surface area contributed by atoms with Gasteiger partial charge in [-0.25, -0.2) is 4.79 Å². The normalized spacial score (nSPS) is 18.2. The van der Waals surface area contributed by atoms with E-state index in [1.54, 1.807) is 30.5 Å². The molecule has 3 heterocycles. The van der Waals surface area contributed by atoms with Crippen LogP contribution in [-0.4, -0.2) is 58.2 Å². The Morgan fingerprint density at radius 3 is 2.69 bits per heavy atom. The lowest BCUT2D eigenvalue weighted by molar-refractivity contribution is 0.0697. The fourth-order valence-electron chi connectivity index (χ4n) is 4.05. The summed E-state index contributed by atoms with van der Waals surface area (Å²) in [4.78, 5) is 20.5. The Morgan fingerprint density at radius 1 is 1.19 bits per heavy atom. The van der Waals surface area contributed by atoms with Crippen LogP contribution in [0.4, 0.5) is 0 Å². The summed E-state index contributed by atoms with van der Waals surface area (Å²) in [5.74, 6) is 0.246. The second kappa shape index (κ2) is 9.50. The number of hydrogen-bond donors (Lipinski definition) is 2. The number of carboxylic acid groups (broad SMARTS) is 1. The molecule has 1 aliphatic rings. The third-order valence-electron chi connectivity index (χ3n) is 5.54. The number of carbonyl (C=O) groups is 1. The Hall–Kier alpha value is -3.23. The molecule has 0 bridgehead atoms. The summed E-state index contributed by atoms with van der Waals surface area (Å²) in [6, 6.07) is 16.0. The van der Waals surface area contributed by atoms with E-state index in [4.69, 9.17) is 16.6 Å². The van der Waals surface area contributed by atoms with Crippen LogP contribution in [0.2, 0.25) is 0 Å². The molecule has 0 aliphatic carbocycles. The van der Waals surface area contributed by atoms with Gasteiger partial charge in [0.15, 0.2) is 5.11 Å². The minimum absolute atomic E-state index is 0.170. The van der Waals surface area contributed by atoms with Gasteiger partial charge in [0.25, 0.3) is 0 Å². The Kier molecular flexibility index (Phi) is 6.53. The van der Waals surface area contributed by atoms with E-state index in [9.17, 15) is 9.90 Å². The molecular weight excluding hydrogens is 424 g/mol. The number of aromatic nitrogens is 1. The summed E-state index contributed by atoms with van der Waals surface area (Å²) in [5, 5.41) is 13.6. The Labute approximate surface area is 192 Å². The second-order valence-corrected chi connectivity index (χ2v) is 8.42. The molecule has 3 aromatic rings. The fraction of sp³-hybridized carbons (Fsp3) is 0.292. The molecular formula is C24H26N4O3S. The number of nitrogens with zero attached hydrogens (tertiary/aromatic N) is 3. The average molecular weight is 451 g/mol. The molecule has 0 saturated carbocycles. The molecule has 0 unspecified atom stereocenters. The lowest BCUT2D eigenvalue weighted by Gasteiger charge is -2.26. The van der Waals surface area contributed by atoms with Crippen LogP contribution in [0, 0.1) is 0 Å². The highest BCUT2D eigenvalue weighted by Gasteiger charge is 2.41. The van der Waals surface area contributed by atoms with Gasteiger partial charge in [-0.15, -0.1) is 0 Å². The Balaban J connectivity index is 1.70. The van der Waals surface area contributed by atoms with Crippen LogP contribution in [0.5, 0.6) is 0 Å². The van der Waals surface area contributed by atoms with E-state index < -0.39 is 5.97 Å². The molecule has 2 aromatic heterocycles. The van der Waals surface area contributed by atoms with Crippen molar-refractivity contribution in [3.05, 3.63) is 77.8 Å². The number of aromatic carboxylic acids is 1. The number of hydrogen-bond acceptors (Lipinski definition) is 5. The van der Waals surface area contributed by atoms with Crippen molar-refractivity contribution in [2.24, 2.45) is 0 Å². The van der Waals surface area contributed by atoms with Gasteiger partial charge in [-0.3, -0.25) is 4.98 Å².